The highest BCUT2D eigenvalue weighted by atomic mass is 16.5. The largest absolute Gasteiger partial charge is 0.493 e. The van der Waals surface area contributed by atoms with Crippen LogP contribution in [0.2, 0.25) is 0 Å². The van der Waals surface area contributed by atoms with Crippen LogP contribution in [0.15, 0.2) is 42.7 Å². The highest BCUT2D eigenvalue weighted by Gasteiger charge is 2.15. The normalized spacial score (nSPS) is 11.5. The number of nitrogens with one attached hydrogen (secondary N) is 1. The number of pyridine rings is 1. The molecule has 122 valence electrons. The molecule has 0 aliphatic heterocycles. The molecule has 6 nitrogen and oxygen atoms in total. The molecule has 1 aromatic carbocycles. The Hall–Kier alpha value is -3.28. The van der Waals surface area contributed by atoms with Crippen molar-refractivity contribution in [1.82, 2.24) is 9.97 Å². The molecule has 24 heavy (non-hydrogen) atoms. The van der Waals surface area contributed by atoms with Crippen molar-refractivity contribution in [3.05, 3.63) is 53.9 Å². The summed E-state index contributed by atoms with van der Waals surface area (Å²) in [5.41, 5.74) is 2.14. The molecule has 0 atom stereocenters. The van der Waals surface area contributed by atoms with E-state index in [0.29, 0.717) is 22.7 Å². The molecule has 0 radical (unpaired) electrons. The van der Waals surface area contributed by atoms with E-state index in [1.807, 2.05) is 12.1 Å². The second-order valence-electron chi connectivity index (χ2n) is 5.08. The fourth-order valence-electron chi connectivity index (χ4n) is 2.52. The molecule has 0 amide bonds. The van der Waals surface area contributed by atoms with E-state index in [9.17, 15) is 9.90 Å². The predicted octanol–water partition coefficient (Wildman–Crippen LogP) is 3.21. The van der Waals surface area contributed by atoms with Crippen LogP contribution in [0.4, 0.5) is 0 Å². The Labute approximate surface area is 138 Å². The van der Waals surface area contributed by atoms with Gasteiger partial charge < -0.3 is 19.6 Å². The predicted molar refractivity (Wildman–Crippen MR) is 91.1 cm³/mol. The molecule has 0 spiro atoms. The van der Waals surface area contributed by atoms with E-state index >= 15 is 0 Å². The Morgan fingerprint density at radius 2 is 2.00 bits per heavy atom. The first-order chi connectivity index (χ1) is 11.6. The number of benzene rings is 1. The number of nitrogens with zero attached hydrogens (tertiary/aromatic N) is 1. The second kappa shape index (κ2) is 6.45. The molecular formula is C18H16N2O4. The van der Waals surface area contributed by atoms with E-state index in [-0.39, 0.29) is 5.57 Å². The highest BCUT2D eigenvalue weighted by molar-refractivity contribution is 6.21. The van der Waals surface area contributed by atoms with Crippen LogP contribution in [0.3, 0.4) is 0 Å². The zero-order valence-electron chi connectivity index (χ0n) is 13.2. The summed E-state index contributed by atoms with van der Waals surface area (Å²) in [4.78, 5) is 19.0. The lowest BCUT2D eigenvalue weighted by molar-refractivity contribution is -0.130. The van der Waals surface area contributed by atoms with Gasteiger partial charge in [-0.2, -0.15) is 0 Å². The average molecular weight is 324 g/mol. The lowest BCUT2D eigenvalue weighted by Gasteiger charge is -2.10. The van der Waals surface area contributed by atoms with Gasteiger partial charge in [0.1, 0.15) is 5.65 Å². The standard InChI is InChI=1S/C18H16N2O4/c1-23-15-6-5-11(9-16(15)24-2)14(18(21)22)8-12-10-20-17-13(12)4-3-7-19-17/h3-10H,1-2H3,(H,19,20)(H,21,22)/b14-8-. The van der Waals surface area contributed by atoms with Crippen LogP contribution in [0.1, 0.15) is 11.1 Å². The molecule has 3 rings (SSSR count). The summed E-state index contributed by atoms with van der Waals surface area (Å²) in [5, 5.41) is 10.5. The summed E-state index contributed by atoms with van der Waals surface area (Å²) in [6, 6.07) is 8.71. The van der Waals surface area contributed by atoms with Crippen LogP contribution in [0.25, 0.3) is 22.7 Å². The minimum Gasteiger partial charge on any atom is -0.493 e. The molecule has 2 aromatic heterocycles. The van der Waals surface area contributed by atoms with E-state index in [2.05, 4.69) is 9.97 Å². The first-order valence-electron chi connectivity index (χ1n) is 7.23. The number of hydrogen-bond donors (Lipinski definition) is 2. The Morgan fingerprint density at radius 1 is 1.21 bits per heavy atom. The molecule has 0 unspecified atom stereocenters. The number of rotatable bonds is 5. The van der Waals surface area contributed by atoms with E-state index in [1.165, 1.54) is 14.2 Å². The first-order valence-corrected chi connectivity index (χ1v) is 7.23. The number of methoxy groups -OCH3 is 2. The highest BCUT2D eigenvalue weighted by Crippen LogP contribution is 2.31. The molecule has 0 saturated carbocycles. The summed E-state index contributed by atoms with van der Waals surface area (Å²) in [7, 11) is 3.04. The molecule has 0 aliphatic rings. The molecule has 3 aromatic rings. The zero-order valence-corrected chi connectivity index (χ0v) is 13.2. The van der Waals surface area contributed by atoms with Gasteiger partial charge in [0.05, 0.1) is 19.8 Å². The van der Waals surface area contributed by atoms with E-state index in [1.54, 1.807) is 36.7 Å². The van der Waals surface area contributed by atoms with E-state index in [0.717, 1.165) is 10.9 Å². The first kappa shape index (κ1) is 15.6. The zero-order chi connectivity index (χ0) is 17.1. The Bertz CT molecular complexity index is 928. The quantitative estimate of drug-likeness (QED) is 0.704. The fraction of sp³-hybridized carbons (Fsp3) is 0.111. The SMILES string of the molecule is COc1ccc(/C(=C/c2c[nH]c3ncccc23)C(=O)O)cc1OC. The number of fused-ring (bicyclic) bond motifs is 1. The van der Waals surface area contributed by atoms with Crippen LogP contribution < -0.4 is 9.47 Å². The van der Waals surface area contributed by atoms with E-state index in [4.69, 9.17) is 9.47 Å². The maximum atomic E-state index is 11.8. The van der Waals surface area contributed by atoms with Crippen molar-refractivity contribution in [2.24, 2.45) is 0 Å². The Morgan fingerprint density at radius 3 is 2.71 bits per heavy atom. The van der Waals surface area contributed by atoms with Crippen molar-refractivity contribution in [1.29, 1.82) is 0 Å². The van der Waals surface area contributed by atoms with Crippen molar-refractivity contribution in [2.45, 2.75) is 0 Å². The number of ether oxygens (including phenoxy) is 2. The number of carbonyl (C=O) groups is 1. The average Bonchev–Trinajstić information content (AvgIpc) is 3.02. The van der Waals surface area contributed by atoms with Gasteiger partial charge in [0.25, 0.3) is 0 Å². The minimum atomic E-state index is -1.03. The van der Waals surface area contributed by atoms with Crippen LogP contribution in [0, 0.1) is 0 Å². The monoisotopic (exact) mass is 324 g/mol. The van der Waals surface area contributed by atoms with Gasteiger partial charge in [0.15, 0.2) is 11.5 Å². The lowest BCUT2D eigenvalue weighted by Crippen LogP contribution is -2.00. The smallest absolute Gasteiger partial charge is 0.336 e. The van der Waals surface area contributed by atoms with Gasteiger partial charge in [0.2, 0.25) is 0 Å². The van der Waals surface area contributed by atoms with Crippen molar-refractivity contribution in [3.8, 4) is 11.5 Å². The third kappa shape index (κ3) is 2.81. The van der Waals surface area contributed by atoms with Gasteiger partial charge in [-0.05, 0) is 35.9 Å². The molecule has 0 aliphatic carbocycles. The topological polar surface area (TPSA) is 84.4 Å². The van der Waals surface area contributed by atoms with Crippen LogP contribution in [-0.2, 0) is 4.79 Å². The van der Waals surface area contributed by atoms with Crippen molar-refractivity contribution < 1.29 is 19.4 Å². The molecule has 0 saturated heterocycles. The lowest BCUT2D eigenvalue weighted by atomic mass is 10.0. The van der Waals surface area contributed by atoms with E-state index < -0.39 is 5.97 Å². The maximum Gasteiger partial charge on any atom is 0.336 e. The van der Waals surface area contributed by atoms with Crippen molar-refractivity contribution >= 4 is 28.7 Å². The molecule has 0 bridgehead atoms. The van der Waals surface area contributed by atoms with Gasteiger partial charge in [-0.15, -0.1) is 0 Å². The summed E-state index contributed by atoms with van der Waals surface area (Å²) in [6.07, 6.45) is 5.03. The number of carboxylic acids is 1. The third-order valence-electron chi connectivity index (χ3n) is 3.71. The fourth-order valence-corrected chi connectivity index (χ4v) is 2.52. The number of aliphatic carboxylic acids is 1. The molecule has 0 fully saturated rings. The van der Waals surface area contributed by atoms with Gasteiger partial charge in [-0.1, -0.05) is 6.07 Å². The van der Waals surface area contributed by atoms with Crippen LogP contribution in [0.5, 0.6) is 11.5 Å². The Kier molecular flexibility index (Phi) is 4.20. The minimum absolute atomic E-state index is 0.153. The van der Waals surface area contributed by atoms with Gasteiger partial charge in [-0.25, -0.2) is 9.78 Å². The molecule has 2 N–H and O–H groups in total. The number of H-pyrrole nitrogens is 1. The van der Waals surface area contributed by atoms with Crippen molar-refractivity contribution in [2.75, 3.05) is 14.2 Å². The summed E-state index contributed by atoms with van der Waals surface area (Å²) < 4.78 is 10.4. The molecule has 2 heterocycles. The summed E-state index contributed by atoms with van der Waals surface area (Å²) in [6.45, 7) is 0. The number of hydrogen-bond acceptors (Lipinski definition) is 4. The van der Waals surface area contributed by atoms with Crippen LogP contribution in [-0.4, -0.2) is 35.3 Å². The number of aromatic nitrogens is 2. The number of carboxylic acid groups (broad SMARTS) is 1. The maximum absolute atomic E-state index is 11.8. The molecular weight excluding hydrogens is 308 g/mol. The number of aromatic amines is 1. The van der Waals surface area contributed by atoms with Crippen molar-refractivity contribution in [3.63, 3.8) is 0 Å². The molecule has 6 heteroatoms. The summed E-state index contributed by atoms with van der Waals surface area (Å²) >= 11 is 0. The van der Waals surface area contributed by atoms with Gasteiger partial charge >= 0.3 is 5.97 Å². The summed E-state index contributed by atoms with van der Waals surface area (Å²) in [5.74, 6) is -0.00881. The van der Waals surface area contributed by atoms with Gasteiger partial charge in [0, 0.05) is 23.3 Å². The third-order valence-corrected chi connectivity index (χ3v) is 3.71. The van der Waals surface area contributed by atoms with Gasteiger partial charge in [-0.3, -0.25) is 0 Å². The Balaban J connectivity index is 2.12. The van der Waals surface area contributed by atoms with Crippen LogP contribution >= 0.6 is 0 Å². The second-order valence-corrected chi connectivity index (χ2v) is 5.08.